The van der Waals surface area contributed by atoms with E-state index < -0.39 is 10.0 Å². The fourth-order valence-corrected chi connectivity index (χ4v) is 2.92. The van der Waals surface area contributed by atoms with Crippen LogP contribution in [0.15, 0.2) is 52.0 Å². The molecule has 114 valence electrons. The molecule has 21 heavy (non-hydrogen) atoms. The first-order valence-electron chi connectivity index (χ1n) is 6.85. The van der Waals surface area contributed by atoms with Crippen LogP contribution in [-0.2, 0) is 14.8 Å². The van der Waals surface area contributed by atoms with Crippen molar-refractivity contribution in [2.24, 2.45) is 0 Å². The molecular weight excluding hydrogens is 290 g/mol. The maximum atomic E-state index is 12.1. The van der Waals surface area contributed by atoms with E-state index in [1.54, 1.807) is 36.6 Å². The summed E-state index contributed by atoms with van der Waals surface area (Å²) in [5.74, 6) is 0.712. The molecule has 0 fully saturated rings. The highest BCUT2D eigenvalue weighted by molar-refractivity contribution is 7.89. The Morgan fingerprint density at radius 3 is 2.57 bits per heavy atom. The van der Waals surface area contributed by atoms with Crippen LogP contribution >= 0.6 is 0 Å². The van der Waals surface area contributed by atoms with Crippen molar-refractivity contribution in [2.75, 3.05) is 19.8 Å². The van der Waals surface area contributed by atoms with Gasteiger partial charge in [0.15, 0.2) is 0 Å². The molecule has 6 heteroatoms. The number of rotatable bonds is 8. The Kier molecular flexibility index (Phi) is 5.55. The second-order valence-corrected chi connectivity index (χ2v) is 6.22. The van der Waals surface area contributed by atoms with Crippen molar-refractivity contribution >= 4 is 10.0 Å². The van der Waals surface area contributed by atoms with Crippen molar-refractivity contribution < 1.29 is 17.6 Å². The number of nitrogens with one attached hydrogen (secondary N) is 1. The standard InChI is InChI=1S/C15H19NO4S/c1-2-19-11-4-10-16-21(17,18)14-8-6-13(7-9-14)15-5-3-12-20-15/h3,5-9,12,16H,2,4,10-11H2,1H3. The lowest BCUT2D eigenvalue weighted by Crippen LogP contribution is -2.25. The number of hydrogen-bond donors (Lipinski definition) is 1. The average Bonchev–Trinajstić information content (AvgIpc) is 3.01. The molecule has 5 nitrogen and oxygen atoms in total. The van der Waals surface area contributed by atoms with Crippen LogP contribution in [-0.4, -0.2) is 28.2 Å². The van der Waals surface area contributed by atoms with Crippen molar-refractivity contribution in [3.05, 3.63) is 42.7 Å². The maximum absolute atomic E-state index is 12.1. The van der Waals surface area contributed by atoms with Gasteiger partial charge in [-0.05, 0) is 49.7 Å². The fraction of sp³-hybridized carbons (Fsp3) is 0.333. The molecule has 0 radical (unpaired) electrons. The molecule has 1 N–H and O–H groups in total. The summed E-state index contributed by atoms with van der Waals surface area (Å²) in [6.07, 6.45) is 2.23. The Balaban J connectivity index is 1.97. The van der Waals surface area contributed by atoms with E-state index in [1.165, 1.54) is 0 Å². The zero-order chi connectivity index (χ0) is 15.1. The minimum absolute atomic E-state index is 0.245. The molecule has 1 aromatic carbocycles. The van der Waals surface area contributed by atoms with E-state index in [9.17, 15) is 8.42 Å². The summed E-state index contributed by atoms with van der Waals surface area (Å²) in [5.41, 5.74) is 0.843. The average molecular weight is 309 g/mol. The van der Waals surface area contributed by atoms with E-state index in [1.807, 2.05) is 13.0 Å². The first-order chi connectivity index (χ1) is 10.1. The predicted octanol–water partition coefficient (Wildman–Crippen LogP) is 2.65. The van der Waals surface area contributed by atoms with Gasteiger partial charge in [-0.1, -0.05) is 0 Å². The number of furan rings is 1. The van der Waals surface area contributed by atoms with Crippen LogP contribution < -0.4 is 4.72 Å². The summed E-state index contributed by atoms with van der Waals surface area (Å²) in [6, 6.07) is 10.2. The van der Waals surface area contributed by atoms with E-state index in [2.05, 4.69) is 4.72 Å². The molecule has 1 aromatic heterocycles. The molecular formula is C15H19NO4S. The molecule has 0 aliphatic rings. The van der Waals surface area contributed by atoms with E-state index in [0.29, 0.717) is 31.9 Å². The van der Waals surface area contributed by atoms with Gasteiger partial charge in [-0.2, -0.15) is 0 Å². The molecule has 0 unspecified atom stereocenters. The Hall–Kier alpha value is -1.63. The third-order valence-corrected chi connectivity index (χ3v) is 4.41. The Morgan fingerprint density at radius 1 is 1.19 bits per heavy atom. The van der Waals surface area contributed by atoms with Gasteiger partial charge in [-0.25, -0.2) is 13.1 Å². The van der Waals surface area contributed by atoms with Crippen LogP contribution in [0.5, 0.6) is 0 Å². The highest BCUT2D eigenvalue weighted by Crippen LogP contribution is 2.21. The van der Waals surface area contributed by atoms with Gasteiger partial charge in [0, 0.05) is 25.3 Å². The lowest BCUT2D eigenvalue weighted by Gasteiger charge is -2.07. The Bertz CT molecular complexity index is 633. The largest absolute Gasteiger partial charge is 0.464 e. The normalized spacial score (nSPS) is 11.7. The van der Waals surface area contributed by atoms with E-state index in [-0.39, 0.29) is 4.90 Å². The molecule has 0 amide bonds. The van der Waals surface area contributed by atoms with E-state index >= 15 is 0 Å². The van der Waals surface area contributed by atoms with Gasteiger partial charge in [0.05, 0.1) is 11.2 Å². The van der Waals surface area contributed by atoms with E-state index in [0.717, 1.165) is 5.56 Å². The third-order valence-electron chi connectivity index (χ3n) is 2.93. The Morgan fingerprint density at radius 2 is 1.95 bits per heavy atom. The molecule has 1 heterocycles. The highest BCUT2D eigenvalue weighted by atomic mass is 32.2. The maximum Gasteiger partial charge on any atom is 0.240 e. The number of hydrogen-bond acceptors (Lipinski definition) is 4. The monoisotopic (exact) mass is 309 g/mol. The second-order valence-electron chi connectivity index (χ2n) is 4.45. The number of ether oxygens (including phenoxy) is 1. The first-order valence-corrected chi connectivity index (χ1v) is 8.33. The summed E-state index contributed by atoms with van der Waals surface area (Å²) in [6.45, 7) is 3.46. The summed E-state index contributed by atoms with van der Waals surface area (Å²) in [4.78, 5) is 0.245. The molecule has 0 bridgehead atoms. The van der Waals surface area contributed by atoms with Gasteiger partial charge in [0.1, 0.15) is 5.76 Å². The highest BCUT2D eigenvalue weighted by Gasteiger charge is 2.13. The molecule has 2 aromatic rings. The molecule has 0 saturated carbocycles. The smallest absolute Gasteiger partial charge is 0.240 e. The molecule has 0 saturated heterocycles. The van der Waals surface area contributed by atoms with Gasteiger partial charge < -0.3 is 9.15 Å². The van der Waals surface area contributed by atoms with Gasteiger partial charge in [0.25, 0.3) is 0 Å². The quantitative estimate of drug-likeness (QED) is 0.761. The number of sulfonamides is 1. The topological polar surface area (TPSA) is 68.5 Å². The van der Waals surface area contributed by atoms with Crippen LogP contribution in [0, 0.1) is 0 Å². The molecule has 0 aliphatic heterocycles. The predicted molar refractivity (Wildman–Crippen MR) is 80.4 cm³/mol. The SMILES string of the molecule is CCOCCCNS(=O)(=O)c1ccc(-c2ccco2)cc1. The molecule has 0 atom stereocenters. The molecule has 2 rings (SSSR count). The Labute approximate surface area is 125 Å². The van der Waals surface area contributed by atoms with Crippen LogP contribution in [0.2, 0.25) is 0 Å². The van der Waals surface area contributed by atoms with Gasteiger partial charge in [0.2, 0.25) is 10.0 Å². The summed E-state index contributed by atoms with van der Waals surface area (Å²) in [7, 11) is -3.47. The fourth-order valence-electron chi connectivity index (χ4n) is 1.85. The van der Waals surface area contributed by atoms with Crippen LogP contribution in [0.4, 0.5) is 0 Å². The minimum atomic E-state index is -3.47. The van der Waals surface area contributed by atoms with Gasteiger partial charge in [-0.3, -0.25) is 0 Å². The summed E-state index contributed by atoms with van der Waals surface area (Å²) in [5, 5.41) is 0. The molecule has 0 aliphatic carbocycles. The van der Waals surface area contributed by atoms with Crippen LogP contribution in [0.25, 0.3) is 11.3 Å². The first kappa shape index (κ1) is 15.8. The lowest BCUT2D eigenvalue weighted by atomic mass is 10.2. The van der Waals surface area contributed by atoms with Gasteiger partial charge >= 0.3 is 0 Å². The third kappa shape index (κ3) is 4.42. The zero-order valence-corrected chi connectivity index (χ0v) is 12.7. The van der Waals surface area contributed by atoms with Crippen molar-refractivity contribution in [3.8, 4) is 11.3 Å². The van der Waals surface area contributed by atoms with Crippen molar-refractivity contribution in [1.29, 1.82) is 0 Å². The van der Waals surface area contributed by atoms with E-state index in [4.69, 9.17) is 9.15 Å². The van der Waals surface area contributed by atoms with Gasteiger partial charge in [-0.15, -0.1) is 0 Å². The zero-order valence-electron chi connectivity index (χ0n) is 11.9. The van der Waals surface area contributed by atoms with Crippen molar-refractivity contribution in [3.63, 3.8) is 0 Å². The minimum Gasteiger partial charge on any atom is -0.464 e. The van der Waals surface area contributed by atoms with Crippen LogP contribution in [0.3, 0.4) is 0 Å². The van der Waals surface area contributed by atoms with Crippen molar-refractivity contribution in [2.45, 2.75) is 18.2 Å². The summed E-state index contributed by atoms with van der Waals surface area (Å²) >= 11 is 0. The summed E-state index contributed by atoms with van der Waals surface area (Å²) < 4.78 is 37.2. The van der Waals surface area contributed by atoms with Crippen molar-refractivity contribution in [1.82, 2.24) is 4.72 Å². The lowest BCUT2D eigenvalue weighted by molar-refractivity contribution is 0.146. The van der Waals surface area contributed by atoms with Crippen LogP contribution in [0.1, 0.15) is 13.3 Å². The molecule has 0 spiro atoms. The second kappa shape index (κ2) is 7.40. The number of benzene rings is 1.